The van der Waals surface area contributed by atoms with Gasteiger partial charge < -0.3 is 10.2 Å². The molecule has 1 N–H and O–H groups in total. The summed E-state index contributed by atoms with van der Waals surface area (Å²) in [5.41, 5.74) is -0.615. The number of nitrogens with zero attached hydrogens (tertiary/aromatic N) is 2. The monoisotopic (exact) mass is 281 g/mol. The van der Waals surface area contributed by atoms with Crippen LogP contribution >= 0.6 is 0 Å². The molecule has 108 valence electrons. The van der Waals surface area contributed by atoms with E-state index in [4.69, 9.17) is 0 Å². The highest BCUT2D eigenvalue weighted by Gasteiger charge is 2.24. The number of hydrogen-bond donors (Lipinski definition) is 1. The van der Waals surface area contributed by atoms with E-state index in [0.29, 0.717) is 6.54 Å². The van der Waals surface area contributed by atoms with Crippen LogP contribution in [0.25, 0.3) is 0 Å². The van der Waals surface area contributed by atoms with Gasteiger partial charge in [-0.2, -0.15) is 0 Å². The number of carbonyl (C=O) groups excluding carboxylic acids is 1. The minimum atomic E-state index is -0.679. The van der Waals surface area contributed by atoms with Gasteiger partial charge in [0.05, 0.1) is 4.92 Å². The summed E-state index contributed by atoms with van der Waals surface area (Å²) in [5, 5.41) is 13.6. The van der Waals surface area contributed by atoms with Crippen molar-refractivity contribution < 1.29 is 14.1 Å². The Labute approximate surface area is 115 Å². The van der Waals surface area contributed by atoms with Crippen molar-refractivity contribution in [2.45, 2.75) is 18.9 Å². The molecule has 1 aromatic rings. The first-order chi connectivity index (χ1) is 9.47. The second kappa shape index (κ2) is 5.96. The summed E-state index contributed by atoms with van der Waals surface area (Å²) in [6.45, 7) is 1.65. The van der Waals surface area contributed by atoms with Crippen LogP contribution in [0.15, 0.2) is 18.2 Å². The van der Waals surface area contributed by atoms with Crippen molar-refractivity contribution in [1.29, 1.82) is 0 Å². The molecule has 1 heterocycles. The average molecular weight is 281 g/mol. The number of likely N-dealkylation sites (N-methyl/N-ethyl adjacent to an activating group) is 1. The van der Waals surface area contributed by atoms with E-state index in [2.05, 4.69) is 10.2 Å². The Hall–Kier alpha value is -2.02. The van der Waals surface area contributed by atoms with Gasteiger partial charge in [-0.3, -0.25) is 14.9 Å². The number of amides is 1. The van der Waals surface area contributed by atoms with Crippen molar-refractivity contribution >= 4 is 11.6 Å². The van der Waals surface area contributed by atoms with Crippen LogP contribution < -0.4 is 5.32 Å². The molecule has 1 aromatic carbocycles. The number of piperidine rings is 1. The standard InChI is InChI=1S/C13H16FN3O3/c1-16-6-2-3-10(8-16)15-13(18)11-7-9(14)4-5-12(11)17(19)20/h4-5,7,10H,2-3,6,8H2,1H3,(H,15,18). The minimum Gasteiger partial charge on any atom is -0.348 e. The molecule has 1 fully saturated rings. The lowest BCUT2D eigenvalue weighted by atomic mass is 10.1. The highest BCUT2D eigenvalue weighted by molar-refractivity contribution is 5.98. The number of rotatable bonds is 3. The van der Waals surface area contributed by atoms with Gasteiger partial charge >= 0.3 is 0 Å². The molecule has 0 spiro atoms. The molecule has 0 saturated carbocycles. The first-order valence-corrected chi connectivity index (χ1v) is 6.40. The van der Waals surface area contributed by atoms with Gasteiger partial charge in [-0.25, -0.2) is 4.39 Å². The summed E-state index contributed by atoms with van der Waals surface area (Å²) >= 11 is 0. The Morgan fingerprint density at radius 1 is 1.55 bits per heavy atom. The first kappa shape index (κ1) is 14.4. The lowest BCUT2D eigenvalue weighted by molar-refractivity contribution is -0.385. The lowest BCUT2D eigenvalue weighted by Gasteiger charge is -2.30. The highest BCUT2D eigenvalue weighted by Crippen LogP contribution is 2.20. The summed E-state index contributed by atoms with van der Waals surface area (Å²) in [6, 6.07) is 2.82. The van der Waals surface area contributed by atoms with Gasteiger partial charge in [0, 0.05) is 18.7 Å². The van der Waals surface area contributed by atoms with Crippen molar-refractivity contribution in [3.8, 4) is 0 Å². The van der Waals surface area contributed by atoms with Crippen LogP contribution in [0.3, 0.4) is 0 Å². The fourth-order valence-corrected chi connectivity index (χ4v) is 2.40. The van der Waals surface area contributed by atoms with Gasteiger partial charge in [0.1, 0.15) is 11.4 Å². The van der Waals surface area contributed by atoms with E-state index in [1.54, 1.807) is 0 Å². The zero-order valence-corrected chi connectivity index (χ0v) is 11.1. The topological polar surface area (TPSA) is 75.5 Å². The van der Waals surface area contributed by atoms with E-state index < -0.39 is 16.6 Å². The van der Waals surface area contributed by atoms with Crippen LogP contribution in [0.1, 0.15) is 23.2 Å². The number of benzene rings is 1. The van der Waals surface area contributed by atoms with Gasteiger partial charge in [-0.1, -0.05) is 0 Å². The minimum absolute atomic E-state index is 0.0656. The second-order valence-electron chi connectivity index (χ2n) is 4.99. The maximum atomic E-state index is 13.2. The largest absolute Gasteiger partial charge is 0.348 e. The van der Waals surface area contributed by atoms with Crippen LogP contribution in [-0.4, -0.2) is 41.9 Å². The fraction of sp³-hybridized carbons (Fsp3) is 0.462. The summed E-state index contributed by atoms with van der Waals surface area (Å²) in [4.78, 5) is 24.4. The molecule has 1 atom stereocenters. The first-order valence-electron chi connectivity index (χ1n) is 6.40. The maximum Gasteiger partial charge on any atom is 0.282 e. The van der Waals surface area contributed by atoms with E-state index in [-0.39, 0.29) is 17.3 Å². The molecular weight excluding hydrogens is 265 g/mol. The van der Waals surface area contributed by atoms with Crippen molar-refractivity contribution in [2.75, 3.05) is 20.1 Å². The molecule has 1 amide bonds. The smallest absolute Gasteiger partial charge is 0.282 e. The van der Waals surface area contributed by atoms with E-state index in [1.807, 2.05) is 7.05 Å². The fourth-order valence-electron chi connectivity index (χ4n) is 2.40. The highest BCUT2D eigenvalue weighted by atomic mass is 19.1. The third kappa shape index (κ3) is 3.30. The van der Waals surface area contributed by atoms with E-state index in [0.717, 1.165) is 37.6 Å². The number of likely N-dealkylation sites (tertiary alicyclic amines) is 1. The third-order valence-corrected chi connectivity index (χ3v) is 3.36. The molecule has 0 radical (unpaired) electrons. The van der Waals surface area contributed by atoms with Gasteiger partial charge in [-0.05, 0) is 38.6 Å². The molecule has 6 nitrogen and oxygen atoms in total. The van der Waals surface area contributed by atoms with Crippen LogP contribution in [0, 0.1) is 15.9 Å². The van der Waals surface area contributed by atoms with E-state index in [9.17, 15) is 19.3 Å². The number of nitro groups is 1. The van der Waals surface area contributed by atoms with Crippen molar-refractivity contribution in [3.05, 3.63) is 39.7 Å². The molecule has 1 aliphatic rings. The van der Waals surface area contributed by atoms with Crippen molar-refractivity contribution in [1.82, 2.24) is 10.2 Å². The third-order valence-electron chi connectivity index (χ3n) is 3.36. The quantitative estimate of drug-likeness (QED) is 0.674. The predicted molar refractivity (Wildman–Crippen MR) is 71.0 cm³/mol. The molecule has 20 heavy (non-hydrogen) atoms. The SMILES string of the molecule is CN1CCCC(NC(=O)c2cc(F)ccc2[N+](=O)[O-])C1. The van der Waals surface area contributed by atoms with Crippen LogP contribution in [0.2, 0.25) is 0 Å². The Balaban J connectivity index is 2.16. The summed E-state index contributed by atoms with van der Waals surface area (Å²) in [5.74, 6) is -1.27. The number of hydrogen-bond acceptors (Lipinski definition) is 4. The molecule has 2 rings (SSSR count). The molecule has 7 heteroatoms. The van der Waals surface area contributed by atoms with Gasteiger partial charge in [-0.15, -0.1) is 0 Å². The summed E-state index contributed by atoms with van der Waals surface area (Å²) in [6.07, 6.45) is 1.77. The molecule has 1 aliphatic heterocycles. The van der Waals surface area contributed by atoms with Crippen molar-refractivity contribution in [3.63, 3.8) is 0 Å². The van der Waals surface area contributed by atoms with Crippen LogP contribution in [0.5, 0.6) is 0 Å². The molecular formula is C13H16FN3O3. The second-order valence-corrected chi connectivity index (χ2v) is 4.99. The molecule has 1 unspecified atom stereocenters. The maximum absolute atomic E-state index is 13.2. The molecule has 0 aliphatic carbocycles. The zero-order chi connectivity index (χ0) is 14.7. The van der Waals surface area contributed by atoms with Gasteiger partial charge in [0.15, 0.2) is 0 Å². The Morgan fingerprint density at radius 2 is 2.30 bits per heavy atom. The lowest BCUT2D eigenvalue weighted by Crippen LogP contribution is -2.46. The Morgan fingerprint density at radius 3 is 2.95 bits per heavy atom. The number of carbonyl (C=O) groups is 1. The average Bonchev–Trinajstić information content (AvgIpc) is 2.38. The van der Waals surface area contributed by atoms with Gasteiger partial charge in [0.2, 0.25) is 0 Å². The number of nitrogens with one attached hydrogen (secondary N) is 1. The van der Waals surface area contributed by atoms with E-state index in [1.165, 1.54) is 0 Å². The molecule has 0 aromatic heterocycles. The Kier molecular flexibility index (Phi) is 4.29. The molecule has 1 saturated heterocycles. The van der Waals surface area contributed by atoms with Gasteiger partial charge in [0.25, 0.3) is 11.6 Å². The van der Waals surface area contributed by atoms with Crippen molar-refractivity contribution in [2.24, 2.45) is 0 Å². The zero-order valence-electron chi connectivity index (χ0n) is 11.1. The molecule has 0 bridgehead atoms. The number of nitro benzene ring substituents is 1. The van der Waals surface area contributed by atoms with Crippen LogP contribution in [0.4, 0.5) is 10.1 Å². The normalized spacial score (nSPS) is 19.6. The van der Waals surface area contributed by atoms with E-state index >= 15 is 0 Å². The summed E-state index contributed by atoms with van der Waals surface area (Å²) in [7, 11) is 1.95. The number of halogens is 1. The Bertz CT molecular complexity index is 536. The summed E-state index contributed by atoms with van der Waals surface area (Å²) < 4.78 is 13.2. The predicted octanol–water partition coefficient (Wildman–Crippen LogP) is 1.56. The van der Waals surface area contributed by atoms with Crippen LogP contribution in [-0.2, 0) is 0 Å².